The highest BCUT2D eigenvalue weighted by Gasteiger charge is 2.52. The van der Waals surface area contributed by atoms with Crippen LogP contribution in [0.25, 0.3) is 22.0 Å². The largest absolute Gasteiger partial charge is 0.379 e. The molecule has 1 aromatic carbocycles. The van der Waals surface area contributed by atoms with Gasteiger partial charge in [0.1, 0.15) is 16.9 Å². The fourth-order valence-electron chi connectivity index (χ4n) is 5.98. The maximum atomic E-state index is 13.1. The molecular formula is C29H34N6O5S. The minimum Gasteiger partial charge on any atom is -0.379 e. The third-order valence-electron chi connectivity index (χ3n) is 8.10. The summed E-state index contributed by atoms with van der Waals surface area (Å²) in [7, 11) is -2.49. The first-order valence-corrected chi connectivity index (χ1v) is 15.2. The molecule has 1 aliphatic heterocycles. The number of nitrogens with two attached hydrogens (primary N) is 1. The van der Waals surface area contributed by atoms with Crippen molar-refractivity contribution in [2.75, 3.05) is 38.2 Å². The number of benzene rings is 1. The third-order valence-corrected chi connectivity index (χ3v) is 9.82. The highest BCUT2D eigenvalue weighted by Crippen LogP contribution is 2.45. The predicted octanol–water partition coefficient (Wildman–Crippen LogP) is 2.56. The monoisotopic (exact) mass is 578 g/mol. The topological polar surface area (TPSA) is 149 Å². The maximum absolute atomic E-state index is 13.1. The molecule has 1 aliphatic carbocycles. The van der Waals surface area contributed by atoms with Crippen LogP contribution < -0.4 is 10.0 Å². The summed E-state index contributed by atoms with van der Waals surface area (Å²) in [6.07, 6.45) is 9.39. The Balaban J connectivity index is 1.47. The van der Waals surface area contributed by atoms with E-state index >= 15 is 0 Å². The van der Waals surface area contributed by atoms with Gasteiger partial charge in [0.05, 0.1) is 11.6 Å². The lowest BCUT2D eigenvalue weighted by atomic mass is 9.80. The van der Waals surface area contributed by atoms with Crippen LogP contribution >= 0.6 is 0 Å². The Morgan fingerprint density at radius 3 is 2.54 bits per heavy atom. The fourth-order valence-corrected chi connectivity index (χ4v) is 7.43. The lowest BCUT2D eigenvalue weighted by Crippen LogP contribution is -2.52. The Morgan fingerprint density at radius 2 is 1.83 bits per heavy atom. The molecule has 12 heteroatoms. The first-order valence-electron chi connectivity index (χ1n) is 13.6. The molecule has 2 aromatic heterocycles. The second kappa shape index (κ2) is 11.6. The number of pyridine rings is 1. The second-order valence-electron chi connectivity index (χ2n) is 10.6. The van der Waals surface area contributed by atoms with Crippen LogP contribution in [0.4, 0.5) is 5.82 Å². The number of piperazine rings is 1. The fraction of sp³-hybridized carbons (Fsp3) is 0.414. The van der Waals surface area contributed by atoms with Gasteiger partial charge in [-0.2, -0.15) is 0 Å². The van der Waals surface area contributed by atoms with Crippen molar-refractivity contribution in [3.63, 3.8) is 0 Å². The summed E-state index contributed by atoms with van der Waals surface area (Å²) in [4.78, 5) is 40.9. The van der Waals surface area contributed by atoms with Crippen LogP contribution in [0.3, 0.4) is 0 Å². The number of ether oxygens (including phenoxy) is 1. The number of carbonyl (C=O) groups excluding carboxylic acids is 2. The van der Waals surface area contributed by atoms with E-state index in [0.29, 0.717) is 44.6 Å². The number of ketones is 1. The van der Waals surface area contributed by atoms with Gasteiger partial charge in [-0.3, -0.25) is 14.6 Å². The van der Waals surface area contributed by atoms with Gasteiger partial charge < -0.3 is 14.5 Å². The Labute approximate surface area is 239 Å². The average molecular weight is 579 g/mol. The minimum absolute atomic E-state index is 0.168. The molecule has 1 saturated carbocycles. The lowest BCUT2D eigenvalue weighted by molar-refractivity contribution is -0.126. The SMILES string of the molecule is COC1CCCCC1(c1cncc(-c2ccc3ncnc(N4CCN(C(=O)C=CC(C)=O)CC4)c3c2)c1)S(N)(=O)=O. The zero-order valence-corrected chi connectivity index (χ0v) is 24.0. The van der Waals surface area contributed by atoms with Crippen molar-refractivity contribution in [3.8, 4) is 11.1 Å². The average Bonchev–Trinajstić information content (AvgIpc) is 2.98. The van der Waals surface area contributed by atoms with Crippen molar-refractivity contribution >= 4 is 38.4 Å². The number of primary sulfonamides is 1. The van der Waals surface area contributed by atoms with Gasteiger partial charge in [-0.25, -0.2) is 23.5 Å². The summed E-state index contributed by atoms with van der Waals surface area (Å²) < 4.78 is 30.4. The van der Waals surface area contributed by atoms with Gasteiger partial charge in [0.15, 0.2) is 5.78 Å². The highest BCUT2D eigenvalue weighted by atomic mass is 32.2. The van der Waals surface area contributed by atoms with Gasteiger partial charge in [0.2, 0.25) is 15.9 Å². The molecule has 1 amide bonds. The number of nitrogens with zero attached hydrogens (tertiary/aromatic N) is 5. The van der Waals surface area contributed by atoms with E-state index in [1.54, 1.807) is 17.3 Å². The number of rotatable bonds is 7. The number of hydrogen-bond acceptors (Lipinski definition) is 9. The lowest BCUT2D eigenvalue weighted by Gasteiger charge is -2.41. The molecule has 0 bridgehead atoms. The molecule has 41 heavy (non-hydrogen) atoms. The van der Waals surface area contributed by atoms with Gasteiger partial charge in [-0.05, 0) is 55.2 Å². The second-order valence-corrected chi connectivity index (χ2v) is 12.4. The van der Waals surface area contributed by atoms with E-state index < -0.39 is 20.9 Å². The van der Waals surface area contributed by atoms with Crippen LogP contribution in [-0.4, -0.2) is 79.4 Å². The molecule has 5 rings (SSSR count). The number of sulfonamides is 1. The van der Waals surface area contributed by atoms with Crippen molar-refractivity contribution < 1.29 is 22.7 Å². The molecule has 0 spiro atoms. The summed E-state index contributed by atoms with van der Waals surface area (Å²) in [5.74, 6) is 0.395. The Hall–Kier alpha value is -3.74. The highest BCUT2D eigenvalue weighted by molar-refractivity contribution is 7.90. The first kappa shape index (κ1) is 28.8. The molecule has 2 fully saturated rings. The number of amides is 1. The van der Waals surface area contributed by atoms with E-state index in [9.17, 15) is 18.0 Å². The molecule has 3 aromatic rings. The summed E-state index contributed by atoms with van der Waals surface area (Å²) in [6.45, 7) is 3.54. The molecule has 2 atom stereocenters. The molecule has 3 heterocycles. The first-order chi connectivity index (χ1) is 19.6. The van der Waals surface area contributed by atoms with Crippen LogP contribution in [0.15, 0.2) is 55.1 Å². The van der Waals surface area contributed by atoms with Crippen molar-refractivity contribution in [2.24, 2.45) is 5.14 Å². The van der Waals surface area contributed by atoms with E-state index in [1.807, 2.05) is 24.3 Å². The Morgan fingerprint density at radius 1 is 1.05 bits per heavy atom. The summed E-state index contributed by atoms with van der Waals surface area (Å²) in [6, 6.07) is 7.66. The van der Waals surface area contributed by atoms with Crippen molar-refractivity contribution in [2.45, 2.75) is 43.5 Å². The quantitative estimate of drug-likeness (QED) is 0.418. The summed E-state index contributed by atoms with van der Waals surface area (Å²) in [5.41, 5.74) is 2.86. The van der Waals surface area contributed by atoms with Crippen LogP contribution in [0, 0.1) is 0 Å². The molecule has 1 saturated heterocycles. The molecule has 0 radical (unpaired) electrons. The Kier molecular flexibility index (Phi) is 8.16. The zero-order valence-electron chi connectivity index (χ0n) is 23.2. The van der Waals surface area contributed by atoms with E-state index in [4.69, 9.17) is 9.88 Å². The van der Waals surface area contributed by atoms with E-state index in [-0.39, 0.29) is 11.7 Å². The van der Waals surface area contributed by atoms with Gasteiger partial charge in [-0.15, -0.1) is 0 Å². The number of anilines is 1. The van der Waals surface area contributed by atoms with Gasteiger partial charge in [-0.1, -0.05) is 18.9 Å². The number of hydrogen-bond donors (Lipinski definition) is 1. The number of fused-ring (bicyclic) bond motifs is 1. The van der Waals surface area contributed by atoms with Gasteiger partial charge >= 0.3 is 0 Å². The maximum Gasteiger partial charge on any atom is 0.246 e. The molecule has 2 unspecified atom stereocenters. The number of allylic oxidation sites excluding steroid dienone is 1. The predicted molar refractivity (Wildman–Crippen MR) is 155 cm³/mol. The number of methoxy groups -OCH3 is 1. The molecule has 11 nitrogen and oxygen atoms in total. The minimum atomic E-state index is -4.02. The summed E-state index contributed by atoms with van der Waals surface area (Å²) in [5, 5.41) is 6.70. The number of carbonyl (C=O) groups is 2. The molecule has 216 valence electrons. The standard InChI is InChI=1S/C29H34N6O5S/c1-20(36)6-9-27(37)34-11-13-35(14-12-34)28-24-16-21(7-8-25(24)32-19-33-28)22-15-23(18-31-17-22)29(41(30,38)39)10-4-3-5-26(29)40-2/h6-9,15-19,26H,3-5,10-14H2,1-2H3,(H2,30,38,39). The molecule has 2 aliphatic rings. The van der Waals surface area contributed by atoms with E-state index in [1.165, 1.54) is 32.5 Å². The van der Waals surface area contributed by atoms with Crippen molar-refractivity contribution in [1.82, 2.24) is 19.9 Å². The summed E-state index contributed by atoms with van der Waals surface area (Å²) >= 11 is 0. The molecule has 2 N–H and O–H groups in total. The normalized spacial score (nSPS) is 21.9. The molecular weight excluding hydrogens is 544 g/mol. The van der Waals surface area contributed by atoms with Crippen molar-refractivity contribution in [1.29, 1.82) is 0 Å². The van der Waals surface area contributed by atoms with E-state index in [0.717, 1.165) is 40.7 Å². The van der Waals surface area contributed by atoms with Crippen molar-refractivity contribution in [3.05, 3.63) is 60.7 Å². The van der Waals surface area contributed by atoms with Gasteiger partial charge in [0, 0.05) is 62.7 Å². The zero-order chi connectivity index (χ0) is 29.2. The Bertz CT molecular complexity index is 1600. The third kappa shape index (κ3) is 5.59. The van der Waals surface area contributed by atoms with Crippen LogP contribution in [0.1, 0.15) is 38.2 Å². The van der Waals surface area contributed by atoms with E-state index in [2.05, 4.69) is 19.9 Å². The van der Waals surface area contributed by atoms with Crippen LogP contribution in [0.5, 0.6) is 0 Å². The van der Waals surface area contributed by atoms with Gasteiger partial charge in [0.25, 0.3) is 0 Å². The van der Waals surface area contributed by atoms with Crippen LogP contribution in [-0.2, 0) is 29.1 Å². The van der Waals surface area contributed by atoms with Crippen LogP contribution in [0.2, 0.25) is 0 Å². The number of aromatic nitrogens is 3. The smallest absolute Gasteiger partial charge is 0.246 e.